The minimum absolute atomic E-state index is 0.0171. The molecule has 0 aromatic heterocycles. The van der Waals surface area contributed by atoms with Crippen LogP contribution < -0.4 is 5.32 Å². The molecular formula is C13H25N3O3. The summed E-state index contributed by atoms with van der Waals surface area (Å²) >= 11 is 0. The van der Waals surface area contributed by atoms with Gasteiger partial charge in [0.05, 0.1) is 0 Å². The Bertz CT molecular complexity index is 308. The maximum atomic E-state index is 11.9. The second kappa shape index (κ2) is 7.99. The van der Waals surface area contributed by atoms with Gasteiger partial charge in [-0.1, -0.05) is 0 Å². The van der Waals surface area contributed by atoms with Crippen molar-refractivity contribution in [2.24, 2.45) is 5.92 Å². The van der Waals surface area contributed by atoms with Crippen molar-refractivity contribution in [3.63, 3.8) is 0 Å². The van der Waals surface area contributed by atoms with Crippen molar-refractivity contribution in [2.75, 3.05) is 40.3 Å². The zero-order chi connectivity index (χ0) is 14.3. The smallest absolute Gasteiger partial charge is 0.317 e. The van der Waals surface area contributed by atoms with Gasteiger partial charge in [-0.05, 0) is 45.8 Å². The lowest BCUT2D eigenvalue weighted by Crippen LogP contribution is -2.39. The molecule has 1 fully saturated rings. The zero-order valence-corrected chi connectivity index (χ0v) is 11.9. The van der Waals surface area contributed by atoms with E-state index in [0.29, 0.717) is 25.4 Å². The number of carboxylic acids is 1. The van der Waals surface area contributed by atoms with Gasteiger partial charge >= 0.3 is 12.0 Å². The van der Waals surface area contributed by atoms with E-state index in [1.54, 1.807) is 4.90 Å². The van der Waals surface area contributed by atoms with E-state index in [9.17, 15) is 9.59 Å². The van der Waals surface area contributed by atoms with E-state index in [-0.39, 0.29) is 12.5 Å². The monoisotopic (exact) mass is 271 g/mol. The van der Waals surface area contributed by atoms with Crippen LogP contribution in [0.15, 0.2) is 0 Å². The lowest BCUT2D eigenvalue weighted by molar-refractivity contribution is -0.137. The summed E-state index contributed by atoms with van der Waals surface area (Å²) in [6.07, 6.45) is 2.72. The quantitative estimate of drug-likeness (QED) is 0.673. The number of likely N-dealkylation sites (tertiary alicyclic amines) is 1. The lowest BCUT2D eigenvalue weighted by Gasteiger charge is -2.18. The number of nitrogens with one attached hydrogen (secondary N) is 1. The molecule has 1 aliphatic heterocycles. The normalized spacial score (nSPS) is 18.9. The van der Waals surface area contributed by atoms with Gasteiger partial charge in [0.15, 0.2) is 0 Å². The first-order chi connectivity index (χ1) is 8.99. The van der Waals surface area contributed by atoms with Crippen molar-refractivity contribution < 1.29 is 14.7 Å². The van der Waals surface area contributed by atoms with Crippen molar-refractivity contribution in [3.05, 3.63) is 0 Å². The highest BCUT2D eigenvalue weighted by molar-refractivity contribution is 5.74. The van der Waals surface area contributed by atoms with Crippen molar-refractivity contribution in [1.29, 1.82) is 0 Å². The van der Waals surface area contributed by atoms with Gasteiger partial charge in [0.25, 0.3) is 0 Å². The lowest BCUT2D eigenvalue weighted by atomic mass is 10.0. The molecule has 1 aliphatic rings. The number of carboxylic acid groups (broad SMARTS) is 1. The van der Waals surface area contributed by atoms with E-state index in [1.807, 2.05) is 14.1 Å². The fraction of sp³-hybridized carbons (Fsp3) is 0.846. The Hall–Kier alpha value is -1.30. The number of carbonyl (C=O) groups is 2. The van der Waals surface area contributed by atoms with E-state index in [1.165, 1.54) is 0 Å². The highest BCUT2D eigenvalue weighted by Crippen LogP contribution is 2.20. The molecule has 0 radical (unpaired) electrons. The summed E-state index contributed by atoms with van der Waals surface area (Å²) in [7, 11) is 4.02. The molecule has 110 valence electrons. The molecular weight excluding hydrogens is 246 g/mol. The Kier molecular flexibility index (Phi) is 6.62. The third-order valence-electron chi connectivity index (χ3n) is 3.40. The number of aliphatic carboxylic acids is 1. The van der Waals surface area contributed by atoms with Gasteiger partial charge in [-0.2, -0.15) is 0 Å². The number of carbonyl (C=O) groups excluding carboxylic acids is 1. The van der Waals surface area contributed by atoms with Gasteiger partial charge in [0.2, 0.25) is 0 Å². The molecule has 1 atom stereocenters. The van der Waals surface area contributed by atoms with Crippen molar-refractivity contribution in [2.45, 2.75) is 25.7 Å². The van der Waals surface area contributed by atoms with Crippen molar-refractivity contribution >= 4 is 12.0 Å². The first-order valence-electron chi connectivity index (χ1n) is 6.88. The molecule has 1 saturated heterocycles. The van der Waals surface area contributed by atoms with E-state index in [0.717, 1.165) is 25.9 Å². The number of amides is 2. The Morgan fingerprint density at radius 3 is 2.79 bits per heavy atom. The standard InChI is InChI=1S/C13H25N3O3/c1-15(2)8-3-7-14-13(19)16-9-6-11(10-16)4-5-12(17)18/h11H,3-10H2,1-2H3,(H,14,19)(H,17,18). The summed E-state index contributed by atoms with van der Waals surface area (Å²) in [6, 6.07) is -0.0171. The summed E-state index contributed by atoms with van der Waals surface area (Å²) in [5.74, 6) is -0.421. The molecule has 1 rings (SSSR count). The molecule has 6 heteroatoms. The predicted octanol–water partition coefficient (Wildman–Crippen LogP) is 0.834. The van der Waals surface area contributed by atoms with Crippen LogP contribution in [0.25, 0.3) is 0 Å². The van der Waals surface area contributed by atoms with Crippen LogP contribution in [0, 0.1) is 5.92 Å². The zero-order valence-electron chi connectivity index (χ0n) is 11.9. The molecule has 0 aromatic rings. The third kappa shape index (κ3) is 6.42. The third-order valence-corrected chi connectivity index (χ3v) is 3.40. The first-order valence-corrected chi connectivity index (χ1v) is 6.88. The van der Waals surface area contributed by atoms with E-state index >= 15 is 0 Å². The molecule has 0 saturated carbocycles. The van der Waals surface area contributed by atoms with Crippen LogP contribution in [0.3, 0.4) is 0 Å². The van der Waals surface area contributed by atoms with Gasteiger partial charge in [-0.3, -0.25) is 4.79 Å². The molecule has 0 spiro atoms. The predicted molar refractivity (Wildman–Crippen MR) is 73.1 cm³/mol. The van der Waals surface area contributed by atoms with Crippen LogP contribution in [0.1, 0.15) is 25.7 Å². The number of hydrogen-bond acceptors (Lipinski definition) is 3. The van der Waals surface area contributed by atoms with Gasteiger partial charge in [0, 0.05) is 26.1 Å². The first kappa shape index (κ1) is 15.8. The van der Waals surface area contributed by atoms with Crippen LogP contribution in [0.2, 0.25) is 0 Å². The Balaban J connectivity index is 2.15. The topological polar surface area (TPSA) is 72.9 Å². The van der Waals surface area contributed by atoms with Gasteiger partial charge < -0.3 is 20.2 Å². The maximum Gasteiger partial charge on any atom is 0.317 e. The fourth-order valence-corrected chi connectivity index (χ4v) is 2.28. The molecule has 2 amide bonds. The van der Waals surface area contributed by atoms with E-state index < -0.39 is 5.97 Å². The van der Waals surface area contributed by atoms with Crippen LogP contribution in [-0.4, -0.2) is 67.2 Å². The van der Waals surface area contributed by atoms with Gasteiger partial charge in [-0.25, -0.2) is 4.79 Å². The average molecular weight is 271 g/mol. The highest BCUT2D eigenvalue weighted by atomic mass is 16.4. The molecule has 2 N–H and O–H groups in total. The Morgan fingerprint density at radius 1 is 1.42 bits per heavy atom. The summed E-state index contributed by atoms with van der Waals surface area (Å²) in [5.41, 5.74) is 0. The second-order valence-corrected chi connectivity index (χ2v) is 5.42. The SMILES string of the molecule is CN(C)CCCNC(=O)N1CCC(CCC(=O)O)C1. The van der Waals surface area contributed by atoms with E-state index in [2.05, 4.69) is 10.2 Å². The Labute approximate surface area is 114 Å². The van der Waals surface area contributed by atoms with E-state index in [4.69, 9.17) is 5.11 Å². The Morgan fingerprint density at radius 2 is 2.16 bits per heavy atom. The number of urea groups is 1. The molecule has 0 bridgehead atoms. The fourth-order valence-electron chi connectivity index (χ4n) is 2.28. The van der Waals surface area contributed by atoms with Crippen molar-refractivity contribution in [1.82, 2.24) is 15.1 Å². The maximum absolute atomic E-state index is 11.9. The van der Waals surface area contributed by atoms with Crippen LogP contribution >= 0.6 is 0 Å². The van der Waals surface area contributed by atoms with Crippen molar-refractivity contribution in [3.8, 4) is 0 Å². The summed E-state index contributed by atoms with van der Waals surface area (Å²) in [6.45, 7) is 3.07. The second-order valence-electron chi connectivity index (χ2n) is 5.42. The molecule has 1 heterocycles. The average Bonchev–Trinajstić information content (AvgIpc) is 2.80. The number of hydrogen-bond donors (Lipinski definition) is 2. The molecule has 0 aliphatic carbocycles. The number of rotatable bonds is 7. The summed E-state index contributed by atoms with van der Waals surface area (Å²) in [4.78, 5) is 26.2. The molecule has 19 heavy (non-hydrogen) atoms. The summed E-state index contributed by atoms with van der Waals surface area (Å²) < 4.78 is 0. The number of nitrogens with zero attached hydrogens (tertiary/aromatic N) is 2. The largest absolute Gasteiger partial charge is 0.481 e. The summed E-state index contributed by atoms with van der Waals surface area (Å²) in [5, 5.41) is 11.5. The molecule has 6 nitrogen and oxygen atoms in total. The minimum Gasteiger partial charge on any atom is -0.481 e. The minimum atomic E-state index is -0.758. The van der Waals surface area contributed by atoms with Crippen LogP contribution in [0.5, 0.6) is 0 Å². The van der Waals surface area contributed by atoms with Crippen LogP contribution in [-0.2, 0) is 4.79 Å². The van der Waals surface area contributed by atoms with Gasteiger partial charge in [-0.15, -0.1) is 0 Å². The van der Waals surface area contributed by atoms with Gasteiger partial charge in [0.1, 0.15) is 0 Å². The molecule has 0 aromatic carbocycles. The molecule has 1 unspecified atom stereocenters. The highest BCUT2D eigenvalue weighted by Gasteiger charge is 2.26. The van der Waals surface area contributed by atoms with Crippen LogP contribution in [0.4, 0.5) is 4.79 Å².